The van der Waals surface area contributed by atoms with E-state index < -0.39 is 0 Å². The number of phenolic OH excluding ortho intramolecular Hbond substituents is 1. The third-order valence-corrected chi connectivity index (χ3v) is 5.75. The van der Waals surface area contributed by atoms with E-state index >= 15 is 0 Å². The Morgan fingerprint density at radius 3 is 2.50 bits per heavy atom. The maximum atomic E-state index is 13.2. The molecule has 0 spiro atoms. The lowest BCUT2D eigenvalue weighted by atomic mass is 10.1. The summed E-state index contributed by atoms with van der Waals surface area (Å²) in [6.45, 7) is 4.10. The quantitative estimate of drug-likeness (QED) is 0.594. The van der Waals surface area contributed by atoms with Gasteiger partial charge in [-0.2, -0.15) is 0 Å². The fourth-order valence-corrected chi connectivity index (χ4v) is 4.24. The molecule has 2 heterocycles. The Labute approximate surface area is 179 Å². The van der Waals surface area contributed by atoms with Crippen LogP contribution in [0.2, 0.25) is 0 Å². The zero-order chi connectivity index (χ0) is 21.1. The second-order valence-electron chi connectivity index (χ2n) is 7.10. The Bertz CT molecular complexity index is 1120. The third-order valence-electron chi connectivity index (χ3n) is 4.74. The molecule has 0 saturated carbocycles. The second-order valence-corrected chi connectivity index (χ2v) is 8.11. The number of aliphatic imine (C=N–C) groups is 1. The fourth-order valence-electron chi connectivity index (χ4n) is 3.24. The monoisotopic (exact) mass is 415 g/mol. The van der Waals surface area contributed by atoms with Gasteiger partial charge in [-0.1, -0.05) is 24.3 Å². The molecule has 1 aliphatic rings. The van der Waals surface area contributed by atoms with Crippen molar-refractivity contribution in [3.63, 3.8) is 0 Å². The number of hydrogen-bond donors (Lipinski definition) is 1. The number of carbonyl (C=O) groups is 1. The third kappa shape index (κ3) is 4.28. The van der Waals surface area contributed by atoms with E-state index in [9.17, 15) is 9.90 Å². The van der Waals surface area contributed by atoms with Crippen LogP contribution in [-0.2, 0) is 11.3 Å². The lowest BCUT2D eigenvalue weighted by Gasteiger charge is -2.15. The number of benzene rings is 2. The van der Waals surface area contributed by atoms with Crippen LogP contribution in [0.5, 0.6) is 5.75 Å². The summed E-state index contributed by atoms with van der Waals surface area (Å²) in [6, 6.07) is 17.2. The van der Waals surface area contributed by atoms with Gasteiger partial charge in [0, 0.05) is 12.4 Å². The smallest absolute Gasteiger partial charge is 0.267 e. The molecule has 0 atom stereocenters. The first-order chi connectivity index (χ1) is 14.5. The first kappa shape index (κ1) is 19.9. The summed E-state index contributed by atoms with van der Waals surface area (Å²) >= 11 is 1.36. The molecule has 0 aliphatic carbocycles. The lowest BCUT2D eigenvalue weighted by molar-refractivity contribution is -0.122. The van der Waals surface area contributed by atoms with E-state index in [1.807, 2.05) is 74.5 Å². The fraction of sp³-hybridized carbons (Fsp3) is 0.125. The molecule has 6 heteroatoms. The van der Waals surface area contributed by atoms with Gasteiger partial charge >= 0.3 is 0 Å². The molecule has 2 aromatic carbocycles. The maximum absolute atomic E-state index is 13.2. The minimum atomic E-state index is -0.0954. The zero-order valence-corrected chi connectivity index (χ0v) is 17.6. The van der Waals surface area contributed by atoms with Crippen LogP contribution in [0.15, 0.2) is 76.9 Å². The SMILES string of the molecule is Cc1cc(/C=C2\SC(=Nc3ccccc3)N(Cc3cccnc3)C2=O)cc(C)c1O. The number of hydrogen-bond acceptors (Lipinski definition) is 5. The van der Waals surface area contributed by atoms with Gasteiger partial charge in [-0.15, -0.1) is 0 Å². The summed E-state index contributed by atoms with van der Waals surface area (Å²) in [5.41, 5.74) is 4.16. The maximum Gasteiger partial charge on any atom is 0.267 e. The molecule has 1 aromatic heterocycles. The van der Waals surface area contributed by atoms with Gasteiger partial charge in [0.1, 0.15) is 5.75 Å². The van der Waals surface area contributed by atoms with Crippen molar-refractivity contribution >= 4 is 34.6 Å². The van der Waals surface area contributed by atoms with Crippen LogP contribution in [0.4, 0.5) is 5.69 Å². The largest absolute Gasteiger partial charge is 0.507 e. The summed E-state index contributed by atoms with van der Waals surface area (Å²) < 4.78 is 0. The Balaban J connectivity index is 1.72. The van der Waals surface area contributed by atoms with Crippen molar-refractivity contribution in [3.8, 4) is 5.75 Å². The van der Waals surface area contributed by atoms with Gasteiger partial charge in [0.25, 0.3) is 5.91 Å². The molecule has 0 bridgehead atoms. The van der Waals surface area contributed by atoms with Crippen molar-refractivity contribution in [3.05, 3.63) is 94.1 Å². The summed E-state index contributed by atoms with van der Waals surface area (Å²) in [7, 11) is 0. The highest BCUT2D eigenvalue weighted by molar-refractivity contribution is 8.18. The van der Waals surface area contributed by atoms with Crippen molar-refractivity contribution in [1.82, 2.24) is 9.88 Å². The van der Waals surface area contributed by atoms with Crippen LogP contribution < -0.4 is 0 Å². The van der Waals surface area contributed by atoms with Crippen LogP contribution >= 0.6 is 11.8 Å². The number of carbonyl (C=O) groups excluding carboxylic acids is 1. The summed E-state index contributed by atoms with van der Waals surface area (Å²) in [5, 5.41) is 10.7. The van der Waals surface area contributed by atoms with E-state index in [1.165, 1.54) is 11.8 Å². The highest BCUT2D eigenvalue weighted by Crippen LogP contribution is 2.36. The van der Waals surface area contributed by atoms with Gasteiger partial charge in [0.05, 0.1) is 17.1 Å². The minimum absolute atomic E-state index is 0.0954. The highest BCUT2D eigenvalue weighted by Gasteiger charge is 2.33. The number of amidine groups is 1. The van der Waals surface area contributed by atoms with Gasteiger partial charge in [-0.25, -0.2) is 4.99 Å². The number of thioether (sulfide) groups is 1. The molecule has 1 fully saturated rings. The predicted molar refractivity (Wildman–Crippen MR) is 121 cm³/mol. The Morgan fingerprint density at radius 2 is 1.83 bits per heavy atom. The van der Waals surface area contributed by atoms with Crippen LogP contribution in [0.1, 0.15) is 22.3 Å². The first-order valence-electron chi connectivity index (χ1n) is 9.55. The molecule has 0 radical (unpaired) electrons. The molecular formula is C24H21N3O2S. The van der Waals surface area contributed by atoms with E-state index in [0.29, 0.717) is 16.6 Å². The topological polar surface area (TPSA) is 65.8 Å². The zero-order valence-electron chi connectivity index (χ0n) is 16.7. The normalized spacial score (nSPS) is 16.6. The molecule has 30 heavy (non-hydrogen) atoms. The number of amides is 1. The molecule has 4 rings (SSSR count). The second kappa shape index (κ2) is 8.55. The molecule has 1 N–H and O–H groups in total. The Hall–Kier alpha value is -3.38. The molecule has 0 unspecified atom stereocenters. The molecular weight excluding hydrogens is 394 g/mol. The number of aryl methyl sites for hydroxylation is 2. The van der Waals surface area contributed by atoms with Gasteiger partial charge in [0.15, 0.2) is 5.17 Å². The van der Waals surface area contributed by atoms with E-state index in [0.717, 1.165) is 27.9 Å². The lowest BCUT2D eigenvalue weighted by Crippen LogP contribution is -2.28. The number of nitrogens with zero attached hydrogens (tertiary/aromatic N) is 3. The van der Waals surface area contributed by atoms with Crippen LogP contribution in [0.25, 0.3) is 6.08 Å². The Kier molecular flexibility index (Phi) is 5.68. The van der Waals surface area contributed by atoms with Crippen molar-refractivity contribution in [2.24, 2.45) is 4.99 Å². The van der Waals surface area contributed by atoms with Gasteiger partial charge < -0.3 is 5.11 Å². The van der Waals surface area contributed by atoms with Crippen LogP contribution in [-0.4, -0.2) is 26.1 Å². The summed E-state index contributed by atoms with van der Waals surface area (Å²) in [5.74, 6) is 0.189. The molecule has 1 saturated heterocycles. The first-order valence-corrected chi connectivity index (χ1v) is 10.4. The van der Waals surface area contributed by atoms with E-state index in [-0.39, 0.29) is 11.7 Å². The van der Waals surface area contributed by atoms with E-state index in [4.69, 9.17) is 4.99 Å². The van der Waals surface area contributed by atoms with E-state index in [1.54, 1.807) is 17.3 Å². The molecule has 1 aliphatic heterocycles. The van der Waals surface area contributed by atoms with Crippen molar-refractivity contribution in [2.75, 3.05) is 0 Å². The minimum Gasteiger partial charge on any atom is -0.507 e. The molecule has 3 aromatic rings. The van der Waals surface area contributed by atoms with Crippen LogP contribution in [0.3, 0.4) is 0 Å². The van der Waals surface area contributed by atoms with Crippen LogP contribution in [0, 0.1) is 13.8 Å². The van der Waals surface area contributed by atoms with Gasteiger partial charge in [-0.05, 0) is 84.3 Å². The summed E-state index contributed by atoms with van der Waals surface area (Å²) in [6.07, 6.45) is 5.33. The number of para-hydroxylation sites is 1. The number of rotatable bonds is 4. The Morgan fingerprint density at radius 1 is 1.10 bits per heavy atom. The van der Waals surface area contributed by atoms with E-state index in [2.05, 4.69) is 4.98 Å². The standard InChI is InChI=1S/C24H21N3O2S/c1-16-11-19(12-17(2)22(16)28)13-21-23(29)27(15-18-7-6-10-25-14-18)24(30-21)26-20-8-4-3-5-9-20/h3-14,28H,15H2,1-2H3/b21-13-,26-24?. The number of aromatic hydroxyl groups is 1. The molecule has 5 nitrogen and oxygen atoms in total. The average molecular weight is 416 g/mol. The molecule has 1 amide bonds. The highest BCUT2D eigenvalue weighted by atomic mass is 32.2. The van der Waals surface area contributed by atoms with Crippen molar-refractivity contribution < 1.29 is 9.90 Å². The number of pyridine rings is 1. The predicted octanol–water partition coefficient (Wildman–Crippen LogP) is 5.21. The average Bonchev–Trinajstić information content (AvgIpc) is 3.02. The summed E-state index contributed by atoms with van der Waals surface area (Å²) in [4.78, 5) is 24.4. The van der Waals surface area contributed by atoms with Crippen molar-refractivity contribution in [1.29, 1.82) is 0 Å². The number of phenols is 1. The van der Waals surface area contributed by atoms with Gasteiger partial charge in [-0.3, -0.25) is 14.7 Å². The molecule has 150 valence electrons. The number of aromatic nitrogens is 1. The van der Waals surface area contributed by atoms with Gasteiger partial charge in [0.2, 0.25) is 0 Å². The van der Waals surface area contributed by atoms with Crippen molar-refractivity contribution in [2.45, 2.75) is 20.4 Å².